The van der Waals surface area contributed by atoms with E-state index < -0.39 is 34.3 Å². The minimum absolute atomic E-state index is 0.00542. The summed E-state index contributed by atoms with van der Waals surface area (Å²) in [5.74, 6) is -2.97. The Morgan fingerprint density at radius 2 is 1.69 bits per heavy atom. The number of ether oxygens (including phenoxy) is 1. The third-order valence-electron chi connectivity index (χ3n) is 6.16. The van der Waals surface area contributed by atoms with Gasteiger partial charge in [-0.1, -0.05) is 24.3 Å². The van der Waals surface area contributed by atoms with E-state index in [1.807, 2.05) is 25.1 Å². The molecule has 0 N–H and O–H groups in total. The Kier molecular flexibility index (Phi) is 5.56. The van der Waals surface area contributed by atoms with Crippen molar-refractivity contribution in [3.05, 3.63) is 93.5 Å². The van der Waals surface area contributed by atoms with Gasteiger partial charge in [-0.3, -0.25) is 29.3 Å². The van der Waals surface area contributed by atoms with Crippen LogP contribution in [0.2, 0.25) is 0 Å². The maximum absolute atomic E-state index is 13.0. The molecule has 2 heterocycles. The first-order chi connectivity index (χ1) is 17.2. The summed E-state index contributed by atoms with van der Waals surface area (Å²) in [5, 5.41) is 11.3. The van der Waals surface area contributed by atoms with E-state index >= 15 is 0 Å². The van der Waals surface area contributed by atoms with Gasteiger partial charge >= 0.3 is 5.97 Å². The monoisotopic (exact) mass is 485 g/mol. The van der Waals surface area contributed by atoms with Crippen LogP contribution in [0, 0.1) is 23.0 Å². The van der Waals surface area contributed by atoms with Crippen molar-refractivity contribution in [1.29, 1.82) is 0 Å². The fraction of sp³-hybridized carbons (Fsp3) is 0.154. The highest BCUT2D eigenvalue weighted by atomic mass is 16.6. The van der Waals surface area contributed by atoms with Crippen LogP contribution in [0.25, 0.3) is 0 Å². The smallest absolute Gasteiger partial charge is 0.316 e. The van der Waals surface area contributed by atoms with Gasteiger partial charge in [-0.05, 0) is 42.8 Å². The number of rotatable bonds is 5. The van der Waals surface area contributed by atoms with Crippen LogP contribution >= 0.6 is 0 Å². The minimum atomic E-state index is -0.832. The molecule has 36 heavy (non-hydrogen) atoms. The summed E-state index contributed by atoms with van der Waals surface area (Å²) in [5.41, 5.74) is 0.983. The Morgan fingerprint density at radius 1 is 0.972 bits per heavy atom. The first-order valence-corrected chi connectivity index (χ1v) is 11.1. The predicted molar refractivity (Wildman–Crippen MR) is 128 cm³/mol. The highest BCUT2D eigenvalue weighted by molar-refractivity contribution is 6.35. The Balaban J connectivity index is 1.34. The van der Waals surface area contributed by atoms with E-state index in [9.17, 15) is 29.3 Å². The molecule has 3 amide bonds. The molecule has 10 nitrogen and oxygen atoms in total. The lowest BCUT2D eigenvalue weighted by molar-refractivity contribution is -0.385. The molecule has 1 atom stereocenters. The second-order valence-corrected chi connectivity index (χ2v) is 8.57. The van der Waals surface area contributed by atoms with Gasteiger partial charge in [-0.2, -0.15) is 0 Å². The minimum Gasteiger partial charge on any atom is -0.426 e. The molecule has 0 aliphatic carbocycles. The van der Waals surface area contributed by atoms with Gasteiger partial charge in [0.15, 0.2) is 0 Å². The quantitative estimate of drug-likeness (QED) is 0.177. The Hall–Kier alpha value is -4.86. The number of carbonyl (C=O) groups excluding carboxylic acids is 4. The number of nitro groups is 1. The van der Waals surface area contributed by atoms with Crippen LogP contribution in [0.1, 0.15) is 32.7 Å². The van der Waals surface area contributed by atoms with Crippen LogP contribution in [0.5, 0.6) is 5.75 Å². The van der Waals surface area contributed by atoms with Gasteiger partial charge in [0.1, 0.15) is 11.3 Å². The van der Waals surface area contributed by atoms with Gasteiger partial charge in [-0.15, -0.1) is 0 Å². The van der Waals surface area contributed by atoms with Crippen LogP contribution in [-0.4, -0.2) is 35.2 Å². The number of hydrogen-bond donors (Lipinski definition) is 0. The average molecular weight is 485 g/mol. The molecule has 0 unspecified atom stereocenters. The predicted octanol–water partition coefficient (Wildman–Crippen LogP) is 3.66. The van der Waals surface area contributed by atoms with Crippen molar-refractivity contribution >= 4 is 40.8 Å². The number of benzene rings is 3. The molecular formula is C26H19N3O7. The maximum Gasteiger partial charge on any atom is 0.316 e. The zero-order valence-electron chi connectivity index (χ0n) is 19.0. The van der Waals surface area contributed by atoms with Crippen molar-refractivity contribution in [1.82, 2.24) is 0 Å². The molecule has 2 aliphatic rings. The molecule has 180 valence electrons. The van der Waals surface area contributed by atoms with Crippen LogP contribution in [-0.2, 0) is 9.59 Å². The van der Waals surface area contributed by atoms with E-state index in [4.69, 9.17) is 4.74 Å². The number of nitrogens with zero attached hydrogens (tertiary/aromatic N) is 3. The van der Waals surface area contributed by atoms with E-state index in [1.165, 1.54) is 36.4 Å². The molecular weight excluding hydrogens is 466 g/mol. The average Bonchev–Trinajstić information content (AvgIpc) is 3.36. The Morgan fingerprint density at radius 3 is 2.44 bits per heavy atom. The number of fused-ring (bicyclic) bond motifs is 1. The zero-order chi connectivity index (χ0) is 25.6. The maximum atomic E-state index is 13.0. The van der Waals surface area contributed by atoms with E-state index in [2.05, 4.69) is 0 Å². The molecule has 0 saturated carbocycles. The number of hydrogen-bond acceptors (Lipinski definition) is 7. The van der Waals surface area contributed by atoms with Gasteiger partial charge in [0.2, 0.25) is 5.91 Å². The first-order valence-electron chi connectivity index (χ1n) is 11.1. The molecule has 1 saturated heterocycles. The summed E-state index contributed by atoms with van der Waals surface area (Å²) in [6.45, 7) is 2.08. The summed E-state index contributed by atoms with van der Waals surface area (Å²) in [6, 6.07) is 17.0. The van der Waals surface area contributed by atoms with Crippen LogP contribution in [0.4, 0.5) is 17.1 Å². The van der Waals surface area contributed by atoms with Gasteiger partial charge in [-0.25, -0.2) is 4.90 Å². The number of anilines is 2. The van der Waals surface area contributed by atoms with Crippen LogP contribution in [0.15, 0.2) is 66.7 Å². The molecule has 5 rings (SSSR count). The van der Waals surface area contributed by atoms with Crippen LogP contribution in [0.3, 0.4) is 0 Å². The largest absolute Gasteiger partial charge is 0.426 e. The molecule has 0 spiro atoms. The summed E-state index contributed by atoms with van der Waals surface area (Å²) in [4.78, 5) is 64.2. The van der Waals surface area contributed by atoms with Crippen molar-refractivity contribution in [3.63, 3.8) is 0 Å². The SMILES string of the molecule is Cc1cccc(N2C[C@H](C(=O)Oc3cccc(N4C(=O)c5cccc([N+](=O)[O-])c5C4=O)c3)CC2=O)c1. The number of carbonyl (C=O) groups is 4. The topological polar surface area (TPSA) is 127 Å². The second-order valence-electron chi connectivity index (χ2n) is 8.57. The summed E-state index contributed by atoms with van der Waals surface area (Å²) in [6.07, 6.45) is -0.00542. The molecule has 0 radical (unpaired) electrons. The highest BCUT2D eigenvalue weighted by Crippen LogP contribution is 2.35. The zero-order valence-corrected chi connectivity index (χ0v) is 19.0. The van der Waals surface area contributed by atoms with E-state index in [1.54, 1.807) is 11.0 Å². The number of esters is 1. The van der Waals surface area contributed by atoms with E-state index in [0.29, 0.717) is 5.69 Å². The van der Waals surface area contributed by atoms with Crippen molar-refractivity contribution in [2.75, 3.05) is 16.3 Å². The van der Waals surface area contributed by atoms with Crippen molar-refractivity contribution < 1.29 is 28.8 Å². The number of imide groups is 1. The standard InChI is InChI=1S/C26H19N3O7/c1-15-5-2-6-17(11-15)27-14-16(12-22(27)30)26(33)36-19-8-3-7-18(13-19)28-24(31)20-9-4-10-21(29(34)35)23(20)25(28)32/h2-11,13,16H,12,14H2,1H3/t16-/m1/s1. The lowest BCUT2D eigenvalue weighted by atomic mass is 10.1. The lowest BCUT2D eigenvalue weighted by Crippen LogP contribution is -2.29. The third kappa shape index (κ3) is 3.88. The lowest BCUT2D eigenvalue weighted by Gasteiger charge is -2.17. The first kappa shape index (κ1) is 22.9. The molecule has 1 fully saturated rings. The Bertz CT molecular complexity index is 1470. The Labute approximate surface area is 204 Å². The van der Waals surface area contributed by atoms with Crippen molar-refractivity contribution in [2.45, 2.75) is 13.3 Å². The molecule has 2 aliphatic heterocycles. The normalized spacial score (nSPS) is 16.9. The molecule has 3 aromatic carbocycles. The fourth-order valence-corrected chi connectivity index (χ4v) is 4.45. The summed E-state index contributed by atoms with van der Waals surface area (Å²) < 4.78 is 5.49. The molecule has 10 heteroatoms. The third-order valence-corrected chi connectivity index (χ3v) is 6.16. The summed E-state index contributed by atoms with van der Waals surface area (Å²) >= 11 is 0. The fourth-order valence-electron chi connectivity index (χ4n) is 4.45. The second kappa shape index (κ2) is 8.73. The molecule has 0 bridgehead atoms. The number of amides is 3. The van der Waals surface area contributed by atoms with Crippen molar-refractivity contribution in [2.24, 2.45) is 5.92 Å². The highest BCUT2D eigenvalue weighted by Gasteiger charge is 2.42. The van der Waals surface area contributed by atoms with Gasteiger partial charge < -0.3 is 9.64 Å². The number of nitro benzene ring substituents is 1. The van der Waals surface area contributed by atoms with Crippen LogP contribution < -0.4 is 14.5 Å². The van der Waals surface area contributed by atoms with E-state index in [-0.39, 0.29) is 41.4 Å². The molecule has 3 aromatic rings. The van der Waals surface area contributed by atoms with E-state index in [0.717, 1.165) is 16.5 Å². The van der Waals surface area contributed by atoms with Gasteiger partial charge in [0.25, 0.3) is 17.5 Å². The van der Waals surface area contributed by atoms with Gasteiger partial charge in [0.05, 0.1) is 22.1 Å². The van der Waals surface area contributed by atoms with Crippen molar-refractivity contribution in [3.8, 4) is 5.75 Å². The summed E-state index contributed by atoms with van der Waals surface area (Å²) in [7, 11) is 0. The van der Waals surface area contributed by atoms with Gasteiger partial charge in [0, 0.05) is 30.8 Å². The number of aryl methyl sites for hydroxylation is 1. The molecule has 0 aromatic heterocycles.